The van der Waals surface area contributed by atoms with E-state index < -0.39 is 17.5 Å². The Kier molecular flexibility index (Phi) is 6.38. The number of aryl methyl sites for hydroxylation is 1. The number of carbonyl (C=O) groups excluding carboxylic acids is 1. The second-order valence-electron chi connectivity index (χ2n) is 8.51. The molecule has 6 nitrogen and oxygen atoms in total. The zero-order chi connectivity index (χ0) is 24.7. The van der Waals surface area contributed by atoms with Crippen LogP contribution in [0, 0.1) is 24.4 Å². The molecule has 34 heavy (non-hydrogen) atoms. The molecule has 0 aliphatic carbocycles. The largest absolute Gasteiger partial charge is 0.495 e. The molecule has 2 atom stereocenters. The molecule has 2 aromatic heterocycles. The van der Waals surface area contributed by atoms with Gasteiger partial charge in [-0.3, -0.25) is 14.5 Å². The van der Waals surface area contributed by atoms with E-state index in [4.69, 9.17) is 4.74 Å². The van der Waals surface area contributed by atoms with E-state index in [0.29, 0.717) is 47.5 Å². The van der Waals surface area contributed by atoms with Gasteiger partial charge in [0.25, 0.3) is 5.91 Å². The average Bonchev–Trinajstić information content (AvgIpc) is 3.15. The number of benzene rings is 1. The minimum Gasteiger partial charge on any atom is -0.495 e. The van der Waals surface area contributed by atoms with E-state index in [0.717, 1.165) is 17.7 Å². The van der Waals surface area contributed by atoms with Crippen molar-refractivity contribution in [3.8, 4) is 17.0 Å². The maximum atomic E-state index is 14.0. The lowest BCUT2D eigenvalue weighted by Gasteiger charge is -2.41. The Morgan fingerprint density at radius 3 is 2.41 bits per heavy atom. The summed E-state index contributed by atoms with van der Waals surface area (Å²) in [6.45, 7) is 5.78. The standard InChI is InChI=1S/C25H27F3N4O2/c1-6-15-10-16-23(30-31(4)24(16)14-8-18(26)22(28)19(27)9-14)20(7-2)32(15)25(33)17-11-29-12-21(34-5)13(17)3/h8-9,11-12,15,20H,6-7,10H2,1-5H3/t15?,20-/m0/s1. The summed E-state index contributed by atoms with van der Waals surface area (Å²) in [7, 11) is 3.22. The minimum atomic E-state index is -1.50. The first kappa shape index (κ1) is 23.8. The number of carbonyl (C=O) groups is 1. The highest BCUT2D eigenvalue weighted by atomic mass is 19.2. The van der Waals surface area contributed by atoms with Crippen LogP contribution in [0.4, 0.5) is 13.2 Å². The average molecular weight is 473 g/mol. The van der Waals surface area contributed by atoms with Crippen molar-refractivity contribution < 1.29 is 22.7 Å². The third kappa shape index (κ3) is 3.73. The van der Waals surface area contributed by atoms with Gasteiger partial charge in [-0.25, -0.2) is 13.2 Å². The van der Waals surface area contributed by atoms with Crippen molar-refractivity contribution in [2.75, 3.05) is 7.11 Å². The summed E-state index contributed by atoms with van der Waals surface area (Å²) in [4.78, 5) is 19.8. The molecule has 0 saturated heterocycles. The van der Waals surface area contributed by atoms with Crippen LogP contribution in [0.3, 0.4) is 0 Å². The molecule has 1 aliphatic heterocycles. The molecule has 3 heterocycles. The molecule has 9 heteroatoms. The lowest BCUT2D eigenvalue weighted by molar-refractivity contribution is 0.0511. The van der Waals surface area contributed by atoms with Crippen LogP contribution in [0.5, 0.6) is 5.75 Å². The quantitative estimate of drug-likeness (QED) is 0.482. The fourth-order valence-electron chi connectivity index (χ4n) is 4.94. The van der Waals surface area contributed by atoms with Crippen LogP contribution in [-0.2, 0) is 13.5 Å². The highest BCUT2D eigenvalue weighted by molar-refractivity contribution is 5.96. The Morgan fingerprint density at radius 1 is 1.15 bits per heavy atom. The fraction of sp³-hybridized carbons (Fsp3) is 0.400. The molecule has 0 bridgehead atoms. The number of pyridine rings is 1. The molecular formula is C25H27F3N4O2. The third-order valence-electron chi connectivity index (χ3n) is 6.63. The fourth-order valence-corrected chi connectivity index (χ4v) is 4.94. The van der Waals surface area contributed by atoms with Crippen LogP contribution in [0.25, 0.3) is 11.3 Å². The van der Waals surface area contributed by atoms with Gasteiger partial charge in [-0.2, -0.15) is 5.10 Å². The summed E-state index contributed by atoms with van der Waals surface area (Å²) in [6.07, 6.45) is 4.82. The van der Waals surface area contributed by atoms with Gasteiger partial charge in [0.15, 0.2) is 17.5 Å². The van der Waals surface area contributed by atoms with E-state index in [1.54, 1.807) is 24.1 Å². The van der Waals surface area contributed by atoms with Gasteiger partial charge >= 0.3 is 0 Å². The summed E-state index contributed by atoms with van der Waals surface area (Å²) in [6, 6.07) is 1.46. The molecule has 1 aromatic carbocycles. The van der Waals surface area contributed by atoms with Crippen molar-refractivity contribution >= 4 is 5.91 Å². The number of amides is 1. The van der Waals surface area contributed by atoms with Gasteiger partial charge < -0.3 is 9.64 Å². The molecule has 1 unspecified atom stereocenters. The zero-order valence-corrected chi connectivity index (χ0v) is 19.8. The molecule has 0 N–H and O–H groups in total. The monoisotopic (exact) mass is 472 g/mol. The predicted molar refractivity (Wildman–Crippen MR) is 121 cm³/mol. The molecule has 0 radical (unpaired) electrons. The number of methoxy groups -OCH3 is 1. The number of rotatable bonds is 5. The normalized spacial score (nSPS) is 17.6. The Hall–Kier alpha value is -3.36. The maximum absolute atomic E-state index is 14.0. The number of ether oxygens (including phenoxy) is 1. The molecule has 1 amide bonds. The van der Waals surface area contributed by atoms with E-state index in [1.807, 2.05) is 25.7 Å². The lowest BCUT2D eigenvalue weighted by Crippen LogP contribution is -2.47. The van der Waals surface area contributed by atoms with Crippen molar-refractivity contribution in [2.45, 2.75) is 52.1 Å². The van der Waals surface area contributed by atoms with Crippen molar-refractivity contribution in [2.24, 2.45) is 7.05 Å². The summed E-state index contributed by atoms with van der Waals surface area (Å²) < 4.78 is 48.5. The van der Waals surface area contributed by atoms with Crippen molar-refractivity contribution in [1.29, 1.82) is 0 Å². The van der Waals surface area contributed by atoms with Crippen molar-refractivity contribution in [3.05, 3.63) is 64.4 Å². The first-order chi connectivity index (χ1) is 16.2. The predicted octanol–water partition coefficient (Wildman–Crippen LogP) is 5.14. The highest BCUT2D eigenvalue weighted by Crippen LogP contribution is 2.41. The summed E-state index contributed by atoms with van der Waals surface area (Å²) in [5.41, 5.74) is 3.39. The Bertz CT molecular complexity index is 1230. The second-order valence-corrected chi connectivity index (χ2v) is 8.51. The van der Waals surface area contributed by atoms with Crippen LogP contribution in [0.15, 0.2) is 24.5 Å². The Balaban J connectivity index is 1.84. The van der Waals surface area contributed by atoms with Crippen LogP contribution in [0.1, 0.15) is 59.9 Å². The van der Waals surface area contributed by atoms with Crippen molar-refractivity contribution in [1.82, 2.24) is 19.7 Å². The van der Waals surface area contributed by atoms with Gasteiger partial charge in [-0.15, -0.1) is 0 Å². The number of hydrogen-bond donors (Lipinski definition) is 0. The minimum absolute atomic E-state index is 0.167. The van der Waals surface area contributed by atoms with Crippen molar-refractivity contribution in [3.63, 3.8) is 0 Å². The molecule has 0 spiro atoms. The number of aromatic nitrogens is 3. The molecule has 180 valence electrons. The lowest BCUT2D eigenvalue weighted by atomic mass is 9.87. The molecule has 0 fully saturated rings. The Morgan fingerprint density at radius 2 is 1.82 bits per heavy atom. The van der Waals surface area contributed by atoms with Gasteiger partial charge in [0.2, 0.25) is 0 Å². The number of hydrogen-bond acceptors (Lipinski definition) is 4. The van der Waals surface area contributed by atoms with Gasteiger partial charge in [-0.05, 0) is 38.3 Å². The smallest absolute Gasteiger partial charge is 0.256 e. The number of halogens is 3. The van der Waals surface area contributed by atoms with Crippen LogP contribution < -0.4 is 4.74 Å². The van der Waals surface area contributed by atoms with Gasteiger partial charge in [0.05, 0.1) is 36.3 Å². The summed E-state index contributed by atoms with van der Waals surface area (Å²) in [5, 5.41) is 4.66. The molecule has 3 aromatic rings. The van der Waals surface area contributed by atoms with E-state index in [1.165, 1.54) is 7.11 Å². The molecule has 0 saturated carbocycles. The molecular weight excluding hydrogens is 445 g/mol. The van der Waals surface area contributed by atoms with E-state index in [9.17, 15) is 18.0 Å². The summed E-state index contributed by atoms with van der Waals surface area (Å²) in [5.74, 6) is -3.64. The first-order valence-corrected chi connectivity index (χ1v) is 11.2. The molecule has 4 rings (SSSR count). The number of fused-ring (bicyclic) bond motifs is 1. The van der Waals surface area contributed by atoms with Gasteiger partial charge in [-0.1, -0.05) is 13.8 Å². The first-order valence-electron chi connectivity index (χ1n) is 11.2. The van der Waals surface area contributed by atoms with Crippen LogP contribution >= 0.6 is 0 Å². The third-order valence-corrected chi connectivity index (χ3v) is 6.63. The summed E-state index contributed by atoms with van der Waals surface area (Å²) >= 11 is 0. The van der Waals surface area contributed by atoms with Gasteiger partial charge in [0.1, 0.15) is 5.75 Å². The van der Waals surface area contributed by atoms with E-state index in [2.05, 4.69) is 10.1 Å². The number of nitrogens with zero attached hydrogens (tertiary/aromatic N) is 4. The van der Waals surface area contributed by atoms with Crippen LogP contribution in [-0.4, -0.2) is 38.7 Å². The zero-order valence-electron chi connectivity index (χ0n) is 19.8. The Labute approximate surface area is 196 Å². The second kappa shape index (κ2) is 9.12. The van der Waals surface area contributed by atoms with Gasteiger partial charge in [0, 0.05) is 36.0 Å². The molecule has 1 aliphatic rings. The van der Waals surface area contributed by atoms with Crippen LogP contribution in [0.2, 0.25) is 0 Å². The van der Waals surface area contributed by atoms with E-state index >= 15 is 0 Å². The topological polar surface area (TPSA) is 60.2 Å². The highest BCUT2D eigenvalue weighted by Gasteiger charge is 2.40. The SMILES string of the molecule is CCC1Cc2c(nn(C)c2-c2cc(F)c(F)c(F)c2)[C@H](CC)N1C(=O)c1cncc(OC)c1C. The maximum Gasteiger partial charge on any atom is 0.256 e. The van der Waals surface area contributed by atoms with E-state index in [-0.39, 0.29) is 23.6 Å².